The van der Waals surface area contributed by atoms with Gasteiger partial charge in [-0.3, -0.25) is 4.79 Å². The molecule has 0 aliphatic heterocycles. The second-order valence-electron chi connectivity index (χ2n) is 3.39. The quantitative estimate of drug-likeness (QED) is 0.632. The lowest BCUT2D eigenvalue weighted by Gasteiger charge is -2.08. The summed E-state index contributed by atoms with van der Waals surface area (Å²) in [7, 11) is 1.29. The molecule has 1 atom stereocenters. The molecular formula is C9H14N6O2. The van der Waals surface area contributed by atoms with Gasteiger partial charge in [-0.2, -0.15) is 5.26 Å². The van der Waals surface area contributed by atoms with Gasteiger partial charge in [-0.15, -0.1) is 5.10 Å². The molecule has 92 valence electrons. The van der Waals surface area contributed by atoms with Gasteiger partial charge in [0.15, 0.2) is 5.82 Å². The maximum atomic E-state index is 11.1. The molecule has 0 aliphatic carbocycles. The number of rotatable bonds is 6. The van der Waals surface area contributed by atoms with Crippen molar-refractivity contribution in [2.45, 2.75) is 31.8 Å². The molecule has 0 bridgehead atoms. The van der Waals surface area contributed by atoms with Crippen LogP contribution in [-0.2, 0) is 22.5 Å². The summed E-state index contributed by atoms with van der Waals surface area (Å²) in [6, 6.07) is 1.33. The van der Waals surface area contributed by atoms with Crippen molar-refractivity contribution >= 4 is 5.97 Å². The number of carbonyl (C=O) groups is 1. The van der Waals surface area contributed by atoms with E-state index in [9.17, 15) is 4.79 Å². The number of nitrogens with two attached hydrogens (primary N) is 1. The van der Waals surface area contributed by atoms with Gasteiger partial charge in [-0.1, -0.05) is 0 Å². The molecule has 2 N–H and O–H groups in total. The van der Waals surface area contributed by atoms with Crippen molar-refractivity contribution < 1.29 is 9.53 Å². The van der Waals surface area contributed by atoms with Gasteiger partial charge in [0.2, 0.25) is 0 Å². The number of methoxy groups -OCH3 is 1. The summed E-state index contributed by atoms with van der Waals surface area (Å²) in [6.07, 6.45) is 1.20. The Bertz CT molecular complexity index is 410. The van der Waals surface area contributed by atoms with Gasteiger partial charge >= 0.3 is 5.97 Å². The third kappa shape index (κ3) is 3.81. The van der Waals surface area contributed by atoms with Crippen LogP contribution in [0.1, 0.15) is 18.7 Å². The highest BCUT2D eigenvalue weighted by Gasteiger charge is 2.15. The van der Waals surface area contributed by atoms with E-state index in [1.807, 2.05) is 6.07 Å². The minimum atomic E-state index is -0.680. The van der Waals surface area contributed by atoms with Crippen molar-refractivity contribution in [3.05, 3.63) is 5.82 Å². The molecule has 8 heteroatoms. The van der Waals surface area contributed by atoms with E-state index in [4.69, 9.17) is 11.0 Å². The van der Waals surface area contributed by atoms with Crippen LogP contribution in [0.5, 0.6) is 0 Å². The predicted octanol–water partition coefficient (Wildman–Crippen LogP) is -0.980. The molecule has 0 amide bonds. The average Bonchev–Trinajstić information content (AvgIpc) is 2.79. The number of aryl methyl sites for hydroxylation is 2. The Labute approximate surface area is 98.3 Å². The number of esters is 1. The monoisotopic (exact) mass is 238 g/mol. The van der Waals surface area contributed by atoms with Gasteiger partial charge in [-0.25, -0.2) is 4.68 Å². The average molecular weight is 238 g/mol. The molecular weight excluding hydrogens is 224 g/mol. The molecule has 0 spiro atoms. The molecule has 0 saturated carbocycles. The van der Waals surface area contributed by atoms with Crippen LogP contribution in [0.15, 0.2) is 0 Å². The van der Waals surface area contributed by atoms with Crippen LogP contribution in [0.25, 0.3) is 0 Å². The first-order valence-corrected chi connectivity index (χ1v) is 5.14. The Balaban J connectivity index is 2.49. The summed E-state index contributed by atoms with van der Waals surface area (Å²) in [5.41, 5.74) is 5.59. The predicted molar refractivity (Wildman–Crippen MR) is 56.4 cm³/mol. The summed E-state index contributed by atoms with van der Waals surface area (Å²) in [6.45, 7) is 0.437. The van der Waals surface area contributed by atoms with E-state index in [1.54, 1.807) is 0 Å². The van der Waals surface area contributed by atoms with Crippen molar-refractivity contribution in [3.63, 3.8) is 0 Å². The lowest BCUT2D eigenvalue weighted by atomic mass is 10.1. The van der Waals surface area contributed by atoms with Gasteiger partial charge in [0.1, 0.15) is 6.04 Å². The van der Waals surface area contributed by atoms with Gasteiger partial charge < -0.3 is 10.5 Å². The summed E-state index contributed by atoms with van der Waals surface area (Å²) in [5, 5.41) is 19.5. The zero-order valence-corrected chi connectivity index (χ0v) is 9.54. The minimum absolute atomic E-state index is 0.334. The molecule has 0 aliphatic rings. The van der Waals surface area contributed by atoms with E-state index in [-0.39, 0.29) is 0 Å². The number of tetrazole rings is 1. The van der Waals surface area contributed by atoms with Crippen LogP contribution in [0.2, 0.25) is 0 Å². The van der Waals surface area contributed by atoms with E-state index in [2.05, 4.69) is 20.3 Å². The molecule has 1 heterocycles. The van der Waals surface area contributed by atoms with Gasteiger partial charge in [0, 0.05) is 6.42 Å². The number of aromatic nitrogens is 4. The summed E-state index contributed by atoms with van der Waals surface area (Å²) < 4.78 is 6.05. The second kappa shape index (κ2) is 6.55. The normalized spacial score (nSPS) is 11.8. The fraction of sp³-hybridized carbons (Fsp3) is 0.667. The smallest absolute Gasteiger partial charge is 0.322 e. The SMILES string of the molecule is COC(=O)[C@@H](N)CCc1nnnn1CCC#N. The van der Waals surface area contributed by atoms with Crippen molar-refractivity contribution in [1.82, 2.24) is 20.2 Å². The Morgan fingerprint density at radius 1 is 1.71 bits per heavy atom. The number of hydrogen-bond acceptors (Lipinski definition) is 7. The molecule has 0 aromatic carbocycles. The van der Waals surface area contributed by atoms with Crippen LogP contribution < -0.4 is 5.73 Å². The summed E-state index contributed by atoms with van der Waals surface area (Å²) in [4.78, 5) is 11.1. The zero-order chi connectivity index (χ0) is 12.7. The van der Waals surface area contributed by atoms with Crippen molar-refractivity contribution in [2.75, 3.05) is 7.11 Å². The molecule has 17 heavy (non-hydrogen) atoms. The van der Waals surface area contributed by atoms with Crippen LogP contribution in [0.4, 0.5) is 0 Å². The number of nitrogens with zero attached hydrogens (tertiary/aromatic N) is 5. The maximum absolute atomic E-state index is 11.1. The fourth-order valence-corrected chi connectivity index (χ4v) is 1.29. The largest absolute Gasteiger partial charge is 0.468 e. The zero-order valence-electron chi connectivity index (χ0n) is 9.54. The van der Waals surface area contributed by atoms with Gasteiger partial charge in [0.25, 0.3) is 0 Å². The first-order chi connectivity index (χ1) is 8.19. The Morgan fingerprint density at radius 3 is 3.12 bits per heavy atom. The number of nitriles is 1. The van der Waals surface area contributed by atoms with Crippen molar-refractivity contribution in [3.8, 4) is 6.07 Å². The Hall–Kier alpha value is -2.01. The van der Waals surface area contributed by atoms with Crippen LogP contribution in [0, 0.1) is 11.3 Å². The number of ether oxygens (including phenoxy) is 1. The molecule has 1 aromatic heterocycles. The number of carbonyl (C=O) groups excluding carboxylic acids is 1. The lowest BCUT2D eigenvalue weighted by Crippen LogP contribution is -2.32. The topological polar surface area (TPSA) is 120 Å². The third-order valence-corrected chi connectivity index (χ3v) is 2.22. The molecule has 0 saturated heterocycles. The highest BCUT2D eigenvalue weighted by atomic mass is 16.5. The van der Waals surface area contributed by atoms with E-state index >= 15 is 0 Å². The minimum Gasteiger partial charge on any atom is -0.468 e. The second-order valence-corrected chi connectivity index (χ2v) is 3.39. The van der Waals surface area contributed by atoms with E-state index < -0.39 is 12.0 Å². The van der Waals surface area contributed by atoms with Gasteiger partial charge in [-0.05, 0) is 16.8 Å². The van der Waals surface area contributed by atoms with E-state index in [1.165, 1.54) is 11.8 Å². The van der Waals surface area contributed by atoms with Crippen LogP contribution in [0.3, 0.4) is 0 Å². The lowest BCUT2D eigenvalue weighted by molar-refractivity contribution is -0.142. The van der Waals surface area contributed by atoms with Crippen LogP contribution >= 0.6 is 0 Å². The highest BCUT2D eigenvalue weighted by molar-refractivity contribution is 5.75. The standard InChI is InChI=1S/C9H14N6O2/c1-17-9(16)7(11)3-4-8-12-13-14-15(8)6-2-5-10/h7H,2-4,6,11H2,1H3/t7-/m0/s1. The molecule has 0 unspecified atom stereocenters. The Morgan fingerprint density at radius 2 is 2.47 bits per heavy atom. The van der Waals surface area contributed by atoms with Crippen molar-refractivity contribution in [1.29, 1.82) is 5.26 Å². The summed E-state index contributed by atoms with van der Waals surface area (Å²) >= 11 is 0. The van der Waals surface area contributed by atoms with Crippen LogP contribution in [-0.4, -0.2) is 39.3 Å². The fourth-order valence-electron chi connectivity index (χ4n) is 1.29. The third-order valence-electron chi connectivity index (χ3n) is 2.22. The molecule has 0 fully saturated rings. The maximum Gasteiger partial charge on any atom is 0.322 e. The van der Waals surface area contributed by atoms with E-state index in [0.717, 1.165) is 0 Å². The van der Waals surface area contributed by atoms with Crippen molar-refractivity contribution in [2.24, 2.45) is 5.73 Å². The Kier molecular flexibility index (Phi) is 5.03. The number of hydrogen-bond donors (Lipinski definition) is 1. The summed E-state index contributed by atoms with van der Waals surface area (Å²) in [5.74, 6) is 0.153. The first-order valence-electron chi connectivity index (χ1n) is 5.14. The first kappa shape index (κ1) is 13.1. The molecule has 1 rings (SSSR count). The van der Waals surface area contributed by atoms with Gasteiger partial charge in [0.05, 0.1) is 26.1 Å². The molecule has 0 radical (unpaired) electrons. The van der Waals surface area contributed by atoms with E-state index in [0.29, 0.717) is 31.6 Å². The highest BCUT2D eigenvalue weighted by Crippen LogP contribution is 2.02. The molecule has 1 aromatic rings. The molecule has 8 nitrogen and oxygen atoms in total.